The highest BCUT2D eigenvalue weighted by molar-refractivity contribution is 5.76. The Morgan fingerprint density at radius 1 is 1.46 bits per heavy atom. The van der Waals surface area contributed by atoms with Crippen molar-refractivity contribution < 1.29 is 19.4 Å². The number of epoxide rings is 1. The molecule has 0 amide bonds. The summed E-state index contributed by atoms with van der Waals surface area (Å²) in [5.74, 6) is 0.520. The number of aliphatic hydroxyl groups excluding tert-OH is 1. The Kier molecular flexibility index (Phi) is 3.98. The van der Waals surface area contributed by atoms with Gasteiger partial charge in [0.1, 0.15) is 11.7 Å². The van der Waals surface area contributed by atoms with E-state index in [1.807, 2.05) is 6.92 Å². The number of hydrogen-bond donors (Lipinski definition) is 2. The number of nitrogens with one attached hydrogen (secondary N) is 1. The third-order valence-electron chi connectivity index (χ3n) is 7.53. The van der Waals surface area contributed by atoms with Gasteiger partial charge in [0.05, 0.1) is 18.6 Å². The van der Waals surface area contributed by atoms with Gasteiger partial charge in [0.15, 0.2) is 0 Å². The summed E-state index contributed by atoms with van der Waals surface area (Å²) >= 11 is 0. The monoisotopic (exact) mass is 337 g/mol. The van der Waals surface area contributed by atoms with Gasteiger partial charge in [-0.25, -0.2) is 0 Å². The average molecular weight is 337 g/mol. The molecule has 8 atom stereocenters. The lowest BCUT2D eigenvalue weighted by Gasteiger charge is -2.48. The molecule has 5 nitrogen and oxygen atoms in total. The summed E-state index contributed by atoms with van der Waals surface area (Å²) in [6.07, 6.45) is 5.63. The topological polar surface area (TPSA) is 71.1 Å². The number of carbonyl (C=O) groups excluding carboxylic acids is 1. The van der Waals surface area contributed by atoms with Crippen LogP contribution in [-0.4, -0.2) is 48.1 Å². The quantitative estimate of drug-likeness (QED) is 0.592. The van der Waals surface area contributed by atoms with Crippen molar-refractivity contribution in [2.45, 2.75) is 76.7 Å². The molecular weight excluding hydrogens is 306 g/mol. The highest BCUT2D eigenvalue weighted by Gasteiger charge is 2.78. The zero-order valence-electron chi connectivity index (χ0n) is 15.1. The SMILES string of the molecule is CC[C@@H](CO)NC[C@@H]1C(=O)O[C@@H]2C[C@@]3(C)CCC[C@H](C)[C@@]34O[C@H]4[C@H]12. The Hall–Kier alpha value is -0.650. The zero-order chi connectivity index (χ0) is 17.1. The first-order valence-corrected chi connectivity index (χ1v) is 9.69. The van der Waals surface area contributed by atoms with Crippen LogP contribution in [0.25, 0.3) is 0 Å². The smallest absolute Gasteiger partial charge is 0.311 e. The van der Waals surface area contributed by atoms with Crippen molar-refractivity contribution in [2.24, 2.45) is 23.2 Å². The van der Waals surface area contributed by atoms with Crippen molar-refractivity contribution in [1.29, 1.82) is 0 Å². The van der Waals surface area contributed by atoms with Crippen molar-refractivity contribution in [3.63, 3.8) is 0 Å². The minimum Gasteiger partial charge on any atom is -0.462 e. The molecule has 2 heterocycles. The Balaban J connectivity index is 1.54. The molecule has 24 heavy (non-hydrogen) atoms. The molecule has 2 aliphatic heterocycles. The molecule has 2 saturated carbocycles. The van der Waals surface area contributed by atoms with E-state index in [-0.39, 0.29) is 53.7 Å². The summed E-state index contributed by atoms with van der Waals surface area (Å²) in [5.41, 5.74) is 0.121. The van der Waals surface area contributed by atoms with Crippen LogP contribution < -0.4 is 5.32 Å². The summed E-state index contributed by atoms with van der Waals surface area (Å²) in [6, 6.07) is 0.0494. The second-order valence-corrected chi connectivity index (χ2v) is 8.74. The van der Waals surface area contributed by atoms with Crippen LogP contribution in [0.2, 0.25) is 0 Å². The highest BCUT2D eigenvalue weighted by Crippen LogP contribution is 2.70. The summed E-state index contributed by atoms with van der Waals surface area (Å²) in [4.78, 5) is 12.5. The number of ether oxygens (including phenoxy) is 2. The number of carbonyl (C=O) groups is 1. The van der Waals surface area contributed by atoms with Crippen molar-refractivity contribution in [2.75, 3.05) is 13.2 Å². The minimum absolute atomic E-state index is 0.00873. The third kappa shape index (κ3) is 2.14. The predicted octanol–water partition coefficient (Wildman–Crippen LogP) is 1.87. The van der Waals surface area contributed by atoms with Gasteiger partial charge in [0, 0.05) is 23.9 Å². The minimum atomic E-state index is -0.140. The van der Waals surface area contributed by atoms with E-state index in [2.05, 4.69) is 19.2 Å². The zero-order valence-corrected chi connectivity index (χ0v) is 15.1. The van der Waals surface area contributed by atoms with E-state index in [9.17, 15) is 9.90 Å². The van der Waals surface area contributed by atoms with Gasteiger partial charge in [-0.1, -0.05) is 27.2 Å². The van der Waals surface area contributed by atoms with Crippen molar-refractivity contribution in [3.8, 4) is 0 Å². The van der Waals surface area contributed by atoms with Gasteiger partial charge in [-0.15, -0.1) is 0 Å². The number of aliphatic hydroxyl groups is 1. The van der Waals surface area contributed by atoms with E-state index in [1.54, 1.807) is 0 Å². The van der Waals surface area contributed by atoms with Crippen LogP contribution in [-0.2, 0) is 14.3 Å². The molecule has 2 aliphatic carbocycles. The second kappa shape index (κ2) is 5.68. The molecule has 1 spiro atoms. The number of rotatable bonds is 5. The van der Waals surface area contributed by atoms with Crippen molar-refractivity contribution in [3.05, 3.63) is 0 Å². The predicted molar refractivity (Wildman–Crippen MR) is 89.4 cm³/mol. The van der Waals surface area contributed by atoms with Crippen LogP contribution in [0, 0.1) is 23.2 Å². The molecule has 4 rings (SSSR count). The first kappa shape index (κ1) is 16.8. The van der Waals surface area contributed by atoms with Gasteiger partial charge in [0.2, 0.25) is 0 Å². The Bertz CT molecular complexity index is 521. The molecule has 0 radical (unpaired) electrons. The van der Waals surface area contributed by atoms with Gasteiger partial charge in [-0.3, -0.25) is 4.79 Å². The van der Waals surface area contributed by atoms with E-state index < -0.39 is 0 Å². The third-order valence-corrected chi connectivity index (χ3v) is 7.53. The fraction of sp³-hybridized carbons (Fsp3) is 0.947. The number of hydrogen-bond acceptors (Lipinski definition) is 5. The molecule has 0 aromatic rings. The van der Waals surface area contributed by atoms with Crippen LogP contribution in [0.3, 0.4) is 0 Å². The first-order chi connectivity index (χ1) is 11.5. The Labute approximate surface area is 144 Å². The van der Waals surface area contributed by atoms with E-state index in [0.29, 0.717) is 12.5 Å². The van der Waals surface area contributed by atoms with Gasteiger partial charge in [-0.2, -0.15) is 0 Å². The van der Waals surface area contributed by atoms with Gasteiger partial charge in [0.25, 0.3) is 0 Å². The molecule has 136 valence electrons. The lowest BCUT2D eigenvalue weighted by Crippen LogP contribution is -2.54. The fourth-order valence-electron chi connectivity index (χ4n) is 6.10. The molecule has 2 saturated heterocycles. The summed E-state index contributed by atoms with van der Waals surface area (Å²) in [5, 5.41) is 12.7. The normalized spacial score (nSPS) is 50.5. The summed E-state index contributed by atoms with van der Waals surface area (Å²) < 4.78 is 12.2. The summed E-state index contributed by atoms with van der Waals surface area (Å²) in [6.45, 7) is 7.39. The second-order valence-electron chi connectivity index (χ2n) is 8.74. The first-order valence-electron chi connectivity index (χ1n) is 9.69. The lowest BCUT2D eigenvalue weighted by molar-refractivity contribution is -0.146. The molecule has 0 bridgehead atoms. The maximum Gasteiger partial charge on any atom is 0.311 e. The van der Waals surface area contributed by atoms with E-state index >= 15 is 0 Å². The highest BCUT2D eigenvalue weighted by atomic mass is 16.6. The van der Waals surface area contributed by atoms with E-state index in [1.165, 1.54) is 19.3 Å². The maximum absolute atomic E-state index is 12.5. The molecule has 2 N–H and O–H groups in total. The maximum atomic E-state index is 12.5. The van der Waals surface area contributed by atoms with Crippen molar-refractivity contribution in [1.82, 2.24) is 5.32 Å². The molecule has 0 unspecified atom stereocenters. The molecule has 5 heteroatoms. The molecule has 4 fully saturated rings. The Morgan fingerprint density at radius 3 is 2.96 bits per heavy atom. The number of fused-ring (bicyclic) bond motifs is 2. The molecule has 0 aromatic carbocycles. The molecular formula is C19H31NO4. The largest absolute Gasteiger partial charge is 0.462 e. The van der Waals surface area contributed by atoms with Crippen LogP contribution in [0.5, 0.6) is 0 Å². The number of esters is 1. The van der Waals surface area contributed by atoms with E-state index in [4.69, 9.17) is 9.47 Å². The summed E-state index contributed by atoms with van der Waals surface area (Å²) in [7, 11) is 0. The van der Waals surface area contributed by atoms with Gasteiger partial charge >= 0.3 is 5.97 Å². The molecule has 0 aromatic heterocycles. The van der Waals surface area contributed by atoms with Crippen LogP contribution in [0.4, 0.5) is 0 Å². The van der Waals surface area contributed by atoms with Gasteiger partial charge in [-0.05, 0) is 31.6 Å². The standard InChI is InChI=1S/C19H31NO4/c1-4-12(10-21)20-9-13-15-14(23-17(13)22)8-18(3)7-5-6-11(2)19(18)16(15)24-19/h11-16,20-21H,4-10H2,1-3H3/t11-,12-,13-,14+,15+,16-,18+,19-/m0/s1. The van der Waals surface area contributed by atoms with E-state index in [0.717, 1.165) is 12.8 Å². The van der Waals surface area contributed by atoms with Crippen LogP contribution in [0.1, 0.15) is 52.9 Å². The molecule has 4 aliphatic rings. The van der Waals surface area contributed by atoms with Gasteiger partial charge < -0.3 is 19.9 Å². The fourth-order valence-corrected chi connectivity index (χ4v) is 6.10. The van der Waals surface area contributed by atoms with Crippen LogP contribution in [0.15, 0.2) is 0 Å². The average Bonchev–Trinajstić information content (AvgIpc) is 3.23. The van der Waals surface area contributed by atoms with Crippen LogP contribution >= 0.6 is 0 Å². The lowest BCUT2D eigenvalue weighted by atomic mass is 9.53. The Morgan fingerprint density at radius 2 is 2.25 bits per heavy atom. The van der Waals surface area contributed by atoms with Crippen molar-refractivity contribution >= 4 is 5.97 Å².